The van der Waals surface area contributed by atoms with Gasteiger partial charge >= 0.3 is 0 Å². The summed E-state index contributed by atoms with van der Waals surface area (Å²) in [5.41, 5.74) is 6.62. The van der Waals surface area contributed by atoms with Crippen LogP contribution in [0, 0.1) is 0 Å². The zero-order chi connectivity index (χ0) is 10.8. The van der Waals surface area contributed by atoms with Crippen molar-refractivity contribution in [1.29, 1.82) is 0 Å². The molecular weight excluding hydrogens is 218 g/mol. The predicted molar refractivity (Wildman–Crippen MR) is 60.3 cm³/mol. The summed E-state index contributed by atoms with van der Waals surface area (Å²) in [6, 6.07) is 6.42. The van der Waals surface area contributed by atoms with Crippen LogP contribution in [0.25, 0.3) is 0 Å². The maximum Gasteiger partial charge on any atom is 0.175 e. The Bertz CT molecular complexity index is 397. The Kier molecular flexibility index (Phi) is 3.58. The Morgan fingerprint density at radius 3 is 2.21 bits per heavy atom. The fourth-order valence-electron chi connectivity index (χ4n) is 1.07. The van der Waals surface area contributed by atoms with E-state index in [9.17, 15) is 8.42 Å². The zero-order valence-corrected chi connectivity index (χ0v) is 9.55. The highest BCUT2D eigenvalue weighted by atomic mass is 32.2. The molecule has 0 aliphatic heterocycles. The standard InChI is InChI=1S/C9H13NO2S2/c1-14(11,12)8-4-2-7(3-5-8)9(10)6-13/h2-5,9,13H,6,10H2,1H3. The van der Waals surface area contributed by atoms with Crippen LogP contribution < -0.4 is 5.73 Å². The highest BCUT2D eigenvalue weighted by molar-refractivity contribution is 7.90. The minimum absolute atomic E-state index is 0.146. The van der Waals surface area contributed by atoms with Gasteiger partial charge < -0.3 is 5.73 Å². The molecule has 0 heterocycles. The van der Waals surface area contributed by atoms with Crippen molar-refractivity contribution < 1.29 is 8.42 Å². The highest BCUT2D eigenvalue weighted by Crippen LogP contribution is 2.15. The summed E-state index contributed by atoms with van der Waals surface area (Å²) in [7, 11) is -3.11. The second kappa shape index (κ2) is 4.33. The molecule has 1 unspecified atom stereocenters. The molecule has 1 aromatic carbocycles. The molecule has 1 atom stereocenters. The first-order valence-corrected chi connectivity index (χ1v) is 6.64. The molecule has 0 amide bonds. The Balaban J connectivity index is 3.01. The molecule has 1 aromatic rings. The van der Waals surface area contributed by atoms with E-state index in [0.29, 0.717) is 10.6 Å². The minimum atomic E-state index is -3.11. The largest absolute Gasteiger partial charge is 0.323 e. The first-order chi connectivity index (χ1) is 6.45. The lowest BCUT2D eigenvalue weighted by atomic mass is 10.1. The Labute approximate surface area is 89.6 Å². The average Bonchev–Trinajstić information content (AvgIpc) is 2.15. The average molecular weight is 231 g/mol. The van der Waals surface area contributed by atoms with Crippen LogP contribution in [0.15, 0.2) is 29.2 Å². The first kappa shape index (κ1) is 11.6. The molecule has 0 aliphatic carbocycles. The van der Waals surface area contributed by atoms with Crippen molar-refractivity contribution >= 4 is 22.5 Å². The van der Waals surface area contributed by atoms with Gasteiger partial charge in [-0.3, -0.25) is 0 Å². The van der Waals surface area contributed by atoms with Crippen molar-refractivity contribution in [2.24, 2.45) is 5.73 Å². The van der Waals surface area contributed by atoms with Crippen LogP contribution >= 0.6 is 12.6 Å². The lowest BCUT2D eigenvalue weighted by Crippen LogP contribution is -2.11. The van der Waals surface area contributed by atoms with Crippen LogP contribution in [0.3, 0.4) is 0 Å². The van der Waals surface area contributed by atoms with E-state index in [1.54, 1.807) is 24.3 Å². The molecule has 3 nitrogen and oxygen atoms in total. The van der Waals surface area contributed by atoms with Crippen molar-refractivity contribution in [3.63, 3.8) is 0 Å². The maximum absolute atomic E-state index is 11.1. The summed E-state index contributed by atoms with van der Waals surface area (Å²) >= 11 is 4.07. The van der Waals surface area contributed by atoms with Gasteiger partial charge in [-0.1, -0.05) is 12.1 Å². The van der Waals surface area contributed by atoms with Crippen LogP contribution in [0.1, 0.15) is 11.6 Å². The van der Waals surface area contributed by atoms with E-state index in [4.69, 9.17) is 5.73 Å². The van der Waals surface area contributed by atoms with Crippen LogP contribution in [-0.2, 0) is 9.84 Å². The van der Waals surface area contributed by atoms with Gasteiger partial charge in [0.25, 0.3) is 0 Å². The van der Waals surface area contributed by atoms with E-state index in [0.717, 1.165) is 5.56 Å². The first-order valence-electron chi connectivity index (χ1n) is 4.11. The number of hydrogen-bond donors (Lipinski definition) is 2. The fraction of sp³-hybridized carbons (Fsp3) is 0.333. The third kappa shape index (κ3) is 2.73. The molecule has 0 saturated carbocycles. The van der Waals surface area contributed by atoms with Gasteiger partial charge in [-0.05, 0) is 17.7 Å². The minimum Gasteiger partial charge on any atom is -0.323 e. The summed E-state index contributed by atoms with van der Waals surface area (Å²) < 4.78 is 22.3. The zero-order valence-electron chi connectivity index (χ0n) is 7.84. The van der Waals surface area contributed by atoms with Crippen molar-refractivity contribution in [2.75, 3.05) is 12.0 Å². The SMILES string of the molecule is CS(=O)(=O)c1ccc(C(N)CS)cc1. The molecule has 0 aromatic heterocycles. The Morgan fingerprint density at radius 2 is 1.86 bits per heavy atom. The van der Waals surface area contributed by atoms with Gasteiger partial charge in [0, 0.05) is 18.1 Å². The van der Waals surface area contributed by atoms with Crippen molar-refractivity contribution in [1.82, 2.24) is 0 Å². The van der Waals surface area contributed by atoms with Crippen molar-refractivity contribution in [3.05, 3.63) is 29.8 Å². The van der Waals surface area contributed by atoms with Crippen LogP contribution in [0.4, 0.5) is 0 Å². The van der Waals surface area contributed by atoms with Gasteiger partial charge in [-0.25, -0.2) is 8.42 Å². The number of benzene rings is 1. The summed E-state index contributed by atoms with van der Waals surface area (Å²) in [5.74, 6) is 0.540. The normalized spacial score (nSPS) is 13.9. The van der Waals surface area contributed by atoms with E-state index >= 15 is 0 Å². The van der Waals surface area contributed by atoms with Gasteiger partial charge in [-0.2, -0.15) is 12.6 Å². The van der Waals surface area contributed by atoms with E-state index in [1.807, 2.05) is 0 Å². The fourth-order valence-corrected chi connectivity index (χ4v) is 1.91. The summed E-state index contributed by atoms with van der Waals surface area (Å²) in [6.45, 7) is 0. The van der Waals surface area contributed by atoms with Crippen LogP contribution in [0.2, 0.25) is 0 Å². The molecule has 5 heteroatoms. The van der Waals surface area contributed by atoms with Crippen LogP contribution in [-0.4, -0.2) is 20.4 Å². The molecule has 14 heavy (non-hydrogen) atoms. The molecule has 0 radical (unpaired) electrons. The molecule has 0 fully saturated rings. The molecule has 0 spiro atoms. The molecule has 0 aliphatic rings. The van der Waals surface area contributed by atoms with E-state index in [1.165, 1.54) is 6.26 Å². The molecule has 1 rings (SSSR count). The highest BCUT2D eigenvalue weighted by Gasteiger charge is 2.08. The molecule has 2 N–H and O–H groups in total. The number of hydrogen-bond acceptors (Lipinski definition) is 4. The number of rotatable bonds is 3. The molecular formula is C9H13NO2S2. The van der Waals surface area contributed by atoms with Gasteiger partial charge in [-0.15, -0.1) is 0 Å². The lowest BCUT2D eigenvalue weighted by molar-refractivity contribution is 0.602. The van der Waals surface area contributed by atoms with Gasteiger partial charge in [0.05, 0.1) is 4.90 Å². The predicted octanol–water partition coefficient (Wildman–Crippen LogP) is 1.02. The number of thiol groups is 1. The number of sulfone groups is 1. The molecule has 0 saturated heterocycles. The lowest BCUT2D eigenvalue weighted by Gasteiger charge is -2.08. The van der Waals surface area contributed by atoms with E-state index < -0.39 is 9.84 Å². The van der Waals surface area contributed by atoms with Gasteiger partial charge in [0.2, 0.25) is 0 Å². The van der Waals surface area contributed by atoms with E-state index in [2.05, 4.69) is 12.6 Å². The molecule has 0 bridgehead atoms. The third-order valence-corrected chi connectivity index (χ3v) is 3.45. The Morgan fingerprint density at radius 1 is 1.36 bits per heavy atom. The van der Waals surface area contributed by atoms with Gasteiger partial charge in [0.1, 0.15) is 0 Å². The second-order valence-electron chi connectivity index (χ2n) is 3.13. The van der Waals surface area contributed by atoms with Crippen LogP contribution in [0.5, 0.6) is 0 Å². The third-order valence-electron chi connectivity index (χ3n) is 1.93. The summed E-state index contributed by atoms with van der Waals surface area (Å²) in [5, 5.41) is 0. The quantitative estimate of drug-likeness (QED) is 0.764. The smallest absolute Gasteiger partial charge is 0.175 e. The summed E-state index contributed by atoms with van der Waals surface area (Å²) in [6.07, 6.45) is 1.18. The summed E-state index contributed by atoms with van der Waals surface area (Å²) in [4.78, 5) is 0.313. The van der Waals surface area contributed by atoms with E-state index in [-0.39, 0.29) is 6.04 Å². The second-order valence-corrected chi connectivity index (χ2v) is 5.51. The molecule has 78 valence electrons. The van der Waals surface area contributed by atoms with Crippen molar-refractivity contribution in [2.45, 2.75) is 10.9 Å². The van der Waals surface area contributed by atoms with Gasteiger partial charge in [0.15, 0.2) is 9.84 Å². The maximum atomic E-state index is 11.1. The Hall–Kier alpha value is -0.520. The monoisotopic (exact) mass is 231 g/mol. The van der Waals surface area contributed by atoms with Crippen molar-refractivity contribution in [3.8, 4) is 0 Å². The topological polar surface area (TPSA) is 60.2 Å². The number of nitrogens with two attached hydrogens (primary N) is 1.